The summed E-state index contributed by atoms with van der Waals surface area (Å²) in [6, 6.07) is 0. The van der Waals surface area contributed by atoms with Crippen molar-refractivity contribution in [3.8, 4) is 0 Å². The summed E-state index contributed by atoms with van der Waals surface area (Å²) in [6.45, 7) is 4.54. The summed E-state index contributed by atoms with van der Waals surface area (Å²) in [7, 11) is 0. The van der Waals surface area contributed by atoms with Crippen molar-refractivity contribution in [2.75, 3.05) is 0 Å². The van der Waals surface area contributed by atoms with Gasteiger partial charge in [0.1, 0.15) is 0 Å². The van der Waals surface area contributed by atoms with Gasteiger partial charge in [0.15, 0.2) is 0 Å². The molecule has 0 aromatic heterocycles. The van der Waals surface area contributed by atoms with Gasteiger partial charge in [-0.3, -0.25) is 0 Å². The third-order valence-corrected chi connectivity index (χ3v) is 2.18. The molecule has 1 atom stereocenters. The first kappa shape index (κ1) is 9.31. The van der Waals surface area contributed by atoms with Gasteiger partial charge in [0.25, 0.3) is 0 Å². The van der Waals surface area contributed by atoms with Gasteiger partial charge < -0.3 is 0 Å². The van der Waals surface area contributed by atoms with Crippen molar-refractivity contribution >= 4 is 0 Å². The van der Waals surface area contributed by atoms with Crippen molar-refractivity contribution in [1.29, 1.82) is 0 Å². The van der Waals surface area contributed by atoms with Gasteiger partial charge in [0.05, 0.1) is 0 Å². The smallest absolute Gasteiger partial charge is 0.0253 e. The van der Waals surface area contributed by atoms with Gasteiger partial charge >= 0.3 is 0 Å². The van der Waals surface area contributed by atoms with E-state index in [0.29, 0.717) is 0 Å². The molecule has 1 aliphatic rings. The van der Waals surface area contributed by atoms with Crippen LogP contribution in [0.5, 0.6) is 0 Å². The molecule has 0 nitrogen and oxygen atoms in total. The summed E-state index contributed by atoms with van der Waals surface area (Å²) in [5, 5.41) is 0. The predicted octanol–water partition coefficient (Wildman–Crippen LogP) is 3.87. The second-order valence-corrected chi connectivity index (χ2v) is 3.50. The largest absolute Gasteiger partial charge is 0.0744 e. The topological polar surface area (TPSA) is 0 Å². The van der Waals surface area contributed by atoms with Crippen molar-refractivity contribution in [1.82, 2.24) is 0 Å². The zero-order chi connectivity index (χ0) is 8.81. The highest BCUT2D eigenvalue weighted by Crippen LogP contribution is 2.15. The Morgan fingerprint density at radius 2 is 2.00 bits per heavy atom. The van der Waals surface area contributed by atoms with Crippen molar-refractivity contribution in [2.45, 2.75) is 33.1 Å². The van der Waals surface area contributed by atoms with E-state index in [4.69, 9.17) is 0 Å². The molecular formula is C12H18. The minimum absolute atomic E-state index is 0.729. The maximum atomic E-state index is 2.36. The number of unbranched alkanes of at least 4 members (excludes halogenated alkanes) is 1. The maximum Gasteiger partial charge on any atom is -0.0253 e. The molecule has 1 aliphatic carbocycles. The van der Waals surface area contributed by atoms with Crippen LogP contribution in [-0.4, -0.2) is 0 Å². The van der Waals surface area contributed by atoms with Crippen molar-refractivity contribution < 1.29 is 0 Å². The summed E-state index contributed by atoms with van der Waals surface area (Å²) in [6.07, 6.45) is 14.9. The summed E-state index contributed by atoms with van der Waals surface area (Å²) in [5.41, 5.74) is 1.37. The first-order valence-corrected chi connectivity index (χ1v) is 4.89. The van der Waals surface area contributed by atoms with Crippen LogP contribution in [-0.2, 0) is 0 Å². The monoisotopic (exact) mass is 162 g/mol. The SMILES string of the molecule is CCCCC(C)C=C1C=CC=C1. The van der Waals surface area contributed by atoms with Gasteiger partial charge in [-0.15, -0.1) is 0 Å². The molecule has 66 valence electrons. The zero-order valence-corrected chi connectivity index (χ0v) is 8.09. The van der Waals surface area contributed by atoms with Crippen LogP contribution in [0, 0.1) is 5.92 Å². The number of hydrogen-bond donors (Lipinski definition) is 0. The lowest BCUT2D eigenvalue weighted by Gasteiger charge is -2.04. The fraction of sp³-hybridized carbons (Fsp3) is 0.500. The maximum absolute atomic E-state index is 2.36. The molecule has 0 saturated heterocycles. The molecule has 0 amide bonds. The average Bonchev–Trinajstić information content (AvgIpc) is 2.53. The first-order valence-electron chi connectivity index (χ1n) is 4.89. The zero-order valence-electron chi connectivity index (χ0n) is 8.09. The standard InChI is InChI=1S/C12H18/c1-3-4-7-11(2)10-12-8-5-6-9-12/h5-6,8-11H,3-4,7H2,1-2H3. The molecule has 0 spiro atoms. The molecule has 0 fully saturated rings. The third kappa shape index (κ3) is 3.08. The van der Waals surface area contributed by atoms with E-state index in [9.17, 15) is 0 Å². The molecule has 0 aromatic carbocycles. The van der Waals surface area contributed by atoms with Gasteiger partial charge in [0, 0.05) is 0 Å². The van der Waals surface area contributed by atoms with Crippen LogP contribution in [0.15, 0.2) is 36.0 Å². The molecule has 1 rings (SSSR count). The van der Waals surface area contributed by atoms with Crippen molar-refractivity contribution in [3.63, 3.8) is 0 Å². The summed E-state index contributed by atoms with van der Waals surface area (Å²) in [4.78, 5) is 0. The van der Waals surface area contributed by atoms with Crippen molar-refractivity contribution in [2.24, 2.45) is 5.92 Å². The van der Waals surface area contributed by atoms with E-state index < -0.39 is 0 Å². The minimum Gasteiger partial charge on any atom is -0.0744 e. The predicted molar refractivity (Wildman–Crippen MR) is 55.1 cm³/mol. The Labute approximate surface area is 75.7 Å². The molecule has 0 aliphatic heterocycles. The molecule has 0 saturated carbocycles. The summed E-state index contributed by atoms with van der Waals surface area (Å²) < 4.78 is 0. The van der Waals surface area contributed by atoms with Crippen LogP contribution in [0.4, 0.5) is 0 Å². The van der Waals surface area contributed by atoms with E-state index in [-0.39, 0.29) is 0 Å². The van der Waals surface area contributed by atoms with Crippen LogP contribution in [0.2, 0.25) is 0 Å². The fourth-order valence-electron chi connectivity index (χ4n) is 1.44. The lowest BCUT2D eigenvalue weighted by molar-refractivity contribution is 0.597. The van der Waals surface area contributed by atoms with Gasteiger partial charge in [-0.05, 0) is 17.9 Å². The molecule has 0 N–H and O–H groups in total. The Bertz CT molecular complexity index is 192. The molecule has 0 radical (unpaired) electrons. The molecule has 0 heterocycles. The summed E-state index contributed by atoms with van der Waals surface area (Å²) >= 11 is 0. The molecule has 1 unspecified atom stereocenters. The first-order chi connectivity index (χ1) is 5.83. The number of rotatable bonds is 4. The lowest BCUT2D eigenvalue weighted by atomic mass is 10.0. The highest BCUT2D eigenvalue weighted by atomic mass is 14.0. The molecule has 0 bridgehead atoms. The normalized spacial score (nSPS) is 17.0. The molecule has 12 heavy (non-hydrogen) atoms. The van der Waals surface area contributed by atoms with Gasteiger partial charge in [0.2, 0.25) is 0 Å². The van der Waals surface area contributed by atoms with Crippen LogP contribution < -0.4 is 0 Å². The lowest BCUT2D eigenvalue weighted by Crippen LogP contribution is -1.89. The van der Waals surface area contributed by atoms with E-state index in [1.54, 1.807) is 0 Å². The van der Waals surface area contributed by atoms with Gasteiger partial charge in [-0.25, -0.2) is 0 Å². The van der Waals surface area contributed by atoms with Gasteiger partial charge in [-0.1, -0.05) is 57.1 Å². The van der Waals surface area contributed by atoms with Crippen molar-refractivity contribution in [3.05, 3.63) is 36.0 Å². The second kappa shape index (κ2) is 4.97. The van der Waals surface area contributed by atoms with Crippen LogP contribution in [0.25, 0.3) is 0 Å². The van der Waals surface area contributed by atoms with E-state index in [0.717, 1.165) is 5.92 Å². The Morgan fingerprint density at radius 3 is 2.58 bits per heavy atom. The van der Waals surface area contributed by atoms with Crippen LogP contribution >= 0.6 is 0 Å². The number of allylic oxidation sites excluding steroid dienone is 6. The fourth-order valence-corrected chi connectivity index (χ4v) is 1.44. The Hall–Kier alpha value is -0.780. The van der Waals surface area contributed by atoms with Gasteiger partial charge in [-0.2, -0.15) is 0 Å². The molecule has 0 aromatic rings. The minimum atomic E-state index is 0.729. The third-order valence-electron chi connectivity index (χ3n) is 2.18. The van der Waals surface area contributed by atoms with E-state index >= 15 is 0 Å². The Kier molecular flexibility index (Phi) is 3.86. The Morgan fingerprint density at radius 1 is 1.33 bits per heavy atom. The van der Waals surface area contributed by atoms with E-state index in [1.165, 1.54) is 24.8 Å². The van der Waals surface area contributed by atoms with Crippen LogP contribution in [0.1, 0.15) is 33.1 Å². The highest BCUT2D eigenvalue weighted by molar-refractivity contribution is 5.40. The second-order valence-electron chi connectivity index (χ2n) is 3.50. The average molecular weight is 162 g/mol. The summed E-state index contributed by atoms with van der Waals surface area (Å²) in [5.74, 6) is 0.729. The Balaban J connectivity index is 2.33. The number of hydrogen-bond acceptors (Lipinski definition) is 0. The van der Waals surface area contributed by atoms with E-state index in [1.807, 2.05) is 0 Å². The van der Waals surface area contributed by atoms with Crippen LogP contribution in [0.3, 0.4) is 0 Å². The molecular weight excluding hydrogens is 144 g/mol. The quantitative estimate of drug-likeness (QED) is 0.588. The highest BCUT2D eigenvalue weighted by Gasteiger charge is 1.98. The van der Waals surface area contributed by atoms with E-state index in [2.05, 4.69) is 44.2 Å². The molecule has 0 heteroatoms.